The van der Waals surface area contributed by atoms with E-state index in [1.54, 1.807) is 31.2 Å². The Labute approximate surface area is 188 Å². The van der Waals surface area contributed by atoms with Gasteiger partial charge < -0.3 is 10.6 Å². The van der Waals surface area contributed by atoms with Crippen LogP contribution in [0.1, 0.15) is 11.1 Å². The molecule has 0 bridgehead atoms. The summed E-state index contributed by atoms with van der Waals surface area (Å²) in [7, 11) is -3.74. The Morgan fingerprint density at radius 2 is 1.75 bits per heavy atom. The third-order valence-electron chi connectivity index (χ3n) is 4.46. The van der Waals surface area contributed by atoms with Crippen molar-refractivity contribution < 1.29 is 22.5 Å². The highest BCUT2D eigenvalue weighted by atomic mass is 35.5. The maximum atomic E-state index is 13.3. The number of aryl methyl sites for hydroxylation is 1. The van der Waals surface area contributed by atoms with Crippen molar-refractivity contribution in [1.82, 2.24) is 0 Å². The molecule has 3 aromatic rings. The van der Waals surface area contributed by atoms with Crippen LogP contribution in [0, 0.1) is 22.9 Å². The number of benzene rings is 3. The van der Waals surface area contributed by atoms with E-state index in [1.165, 1.54) is 18.2 Å². The number of amides is 2. The molecule has 0 aliphatic rings. The van der Waals surface area contributed by atoms with Crippen molar-refractivity contribution in [3.63, 3.8) is 0 Å². The highest BCUT2D eigenvalue weighted by molar-refractivity contribution is 7.90. The van der Waals surface area contributed by atoms with Gasteiger partial charge in [-0.25, -0.2) is 17.6 Å². The number of sulfone groups is 1. The molecule has 2 N–H and O–H groups in total. The molecular weight excluding hydrogens is 461 g/mol. The number of nitrogens with zero attached hydrogens (tertiary/aromatic N) is 1. The van der Waals surface area contributed by atoms with Gasteiger partial charge in [0.05, 0.1) is 21.6 Å². The van der Waals surface area contributed by atoms with E-state index in [0.29, 0.717) is 22.2 Å². The van der Waals surface area contributed by atoms with Crippen LogP contribution in [-0.2, 0) is 15.6 Å². The van der Waals surface area contributed by atoms with Gasteiger partial charge in [-0.2, -0.15) is 0 Å². The Balaban J connectivity index is 1.80. The quantitative estimate of drug-likeness (QED) is 0.368. The maximum absolute atomic E-state index is 13.3. The van der Waals surface area contributed by atoms with Crippen molar-refractivity contribution in [2.75, 3.05) is 10.6 Å². The zero-order chi connectivity index (χ0) is 23.5. The first kappa shape index (κ1) is 23.2. The number of nitro groups is 1. The summed E-state index contributed by atoms with van der Waals surface area (Å²) < 4.78 is 39.1. The standard InChI is InChI=1S/C21H17ClFN3O5S/c1-13-2-8-17(11-20(13)32(30,31)12-14-3-5-15(22)6-4-14)24-21(27)25-18-9-7-16(23)10-19(18)26(28)29/h2-11H,12H2,1H3,(H2,24,25,27). The molecule has 0 aromatic heterocycles. The van der Waals surface area contributed by atoms with E-state index >= 15 is 0 Å². The molecule has 0 atom stereocenters. The molecule has 0 unspecified atom stereocenters. The molecule has 166 valence electrons. The fourth-order valence-corrected chi connectivity index (χ4v) is 4.71. The number of hydrogen-bond donors (Lipinski definition) is 2. The molecule has 11 heteroatoms. The summed E-state index contributed by atoms with van der Waals surface area (Å²) in [6, 6.07) is 12.6. The Morgan fingerprint density at radius 3 is 2.41 bits per heavy atom. The summed E-state index contributed by atoms with van der Waals surface area (Å²) in [4.78, 5) is 22.6. The Morgan fingerprint density at radius 1 is 1.06 bits per heavy atom. The van der Waals surface area contributed by atoms with Crippen LogP contribution < -0.4 is 10.6 Å². The Hall–Kier alpha value is -3.50. The van der Waals surface area contributed by atoms with E-state index < -0.39 is 32.3 Å². The largest absolute Gasteiger partial charge is 0.323 e. The van der Waals surface area contributed by atoms with Crippen LogP contribution in [0.25, 0.3) is 0 Å². The summed E-state index contributed by atoms with van der Waals surface area (Å²) in [5, 5.41) is 16.3. The first-order chi connectivity index (χ1) is 15.0. The van der Waals surface area contributed by atoms with E-state index in [4.69, 9.17) is 11.6 Å². The van der Waals surface area contributed by atoms with E-state index in [1.807, 2.05) is 0 Å². The van der Waals surface area contributed by atoms with Gasteiger partial charge in [0.15, 0.2) is 9.84 Å². The van der Waals surface area contributed by atoms with Crippen molar-refractivity contribution in [2.24, 2.45) is 0 Å². The third-order valence-corrected chi connectivity index (χ3v) is 6.53. The van der Waals surface area contributed by atoms with Crippen LogP contribution in [-0.4, -0.2) is 19.4 Å². The lowest BCUT2D eigenvalue weighted by Gasteiger charge is -2.12. The van der Waals surface area contributed by atoms with Crippen LogP contribution in [0.5, 0.6) is 0 Å². The van der Waals surface area contributed by atoms with Crippen LogP contribution in [0.4, 0.5) is 26.2 Å². The van der Waals surface area contributed by atoms with Crippen molar-refractivity contribution >= 4 is 44.5 Å². The third kappa shape index (κ3) is 5.59. The van der Waals surface area contributed by atoms with Gasteiger partial charge in [-0.15, -0.1) is 0 Å². The number of hydrogen-bond acceptors (Lipinski definition) is 5. The molecule has 8 nitrogen and oxygen atoms in total. The topological polar surface area (TPSA) is 118 Å². The van der Waals surface area contributed by atoms with Crippen LogP contribution in [0.3, 0.4) is 0 Å². The average molecular weight is 478 g/mol. The second kappa shape index (κ2) is 9.33. The van der Waals surface area contributed by atoms with Gasteiger partial charge in [0.25, 0.3) is 5.69 Å². The zero-order valence-corrected chi connectivity index (χ0v) is 18.2. The van der Waals surface area contributed by atoms with Crippen LogP contribution >= 0.6 is 11.6 Å². The molecule has 0 fully saturated rings. The molecule has 0 heterocycles. The number of rotatable bonds is 6. The number of carbonyl (C=O) groups is 1. The number of urea groups is 1. The highest BCUT2D eigenvalue weighted by Gasteiger charge is 2.20. The summed E-state index contributed by atoms with van der Waals surface area (Å²) in [5.41, 5.74) is 0.368. The monoisotopic (exact) mass is 477 g/mol. The number of carbonyl (C=O) groups excluding carboxylic acids is 1. The molecule has 0 aliphatic heterocycles. The number of nitrogens with one attached hydrogen (secondary N) is 2. The van der Waals surface area contributed by atoms with Gasteiger partial charge in [-0.1, -0.05) is 29.8 Å². The van der Waals surface area contributed by atoms with Gasteiger partial charge in [-0.3, -0.25) is 10.1 Å². The molecule has 3 rings (SSSR count). The lowest BCUT2D eigenvalue weighted by atomic mass is 10.2. The Kier molecular flexibility index (Phi) is 6.75. The van der Waals surface area contributed by atoms with E-state index in [-0.39, 0.29) is 22.0 Å². The Bertz CT molecular complexity index is 1300. The number of anilines is 2. The SMILES string of the molecule is Cc1ccc(NC(=O)Nc2ccc(F)cc2[N+](=O)[O-])cc1S(=O)(=O)Cc1ccc(Cl)cc1. The van der Waals surface area contributed by atoms with Crippen molar-refractivity contribution in [3.05, 3.63) is 92.7 Å². The predicted molar refractivity (Wildman–Crippen MR) is 119 cm³/mol. The smallest absolute Gasteiger partial charge is 0.308 e. The van der Waals surface area contributed by atoms with Gasteiger partial charge >= 0.3 is 6.03 Å². The summed E-state index contributed by atoms with van der Waals surface area (Å²) in [6.45, 7) is 1.63. The van der Waals surface area contributed by atoms with Gasteiger partial charge in [0, 0.05) is 10.7 Å². The fourth-order valence-electron chi connectivity index (χ4n) is 2.94. The van der Waals surface area contributed by atoms with Crippen molar-refractivity contribution in [1.29, 1.82) is 0 Å². The average Bonchev–Trinajstić information content (AvgIpc) is 2.72. The summed E-state index contributed by atoms with van der Waals surface area (Å²) in [5.74, 6) is -1.08. The number of halogens is 2. The second-order valence-corrected chi connectivity index (χ2v) is 9.26. The summed E-state index contributed by atoms with van der Waals surface area (Å²) >= 11 is 5.84. The molecular formula is C21H17ClFN3O5S. The second-order valence-electron chi connectivity index (χ2n) is 6.86. The molecule has 2 amide bonds. The minimum Gasteiger partial charge on any atom is -0.308 e. The van der Waals surface area contributed by atoms with Gasteiger partial charge in [0.1, 0.15) is 11.5 Å². The van der Waals surface area contributed by atoms with Crippen molar-refractivity contribution in [2.45, 2.75) is 17.6 Å². The molecule has 0 spiro atoms. The predicted octanol–water partition coefficient (Wildman–Crippen LogP) is 5.31. The van der Waals surface area contributed by atoms with E-state index in [2.05, 4.69) is 10.6 Å². The number of nitro benzene ring substituents is 1. The summed E-state index contributed by atoms with van der Waals surface area (Å²) in [6.07, 6.45) is 0. The molecule has 32 heavy (non-hydrogen) atoms. The highest BCUT2D eigenvalue weighted by Crippen LogP contribution is 2.27. The molecule has 0 saturated heterocycles. The lowest BCUT2D eigenvalue weighted by Crippen LogP contribution is -2.20. The molecule has 0 saturated carbocycles. The normalized spacial score (nSPS) is 11.1. The molecule has 0 radical (unpaired) electrons. The lowest BCUT2D eigenvalue weighted by molar-refractivity contribution is -0.384. The van der Waals surface area contributed by atoms with Gasteiger partial charge in [0.2, 0.25) is 0 Å². The zero-order valence-electron chi connectivity index (χ0n) is 16.6. The van der Waals surface area contributed by atoms with Crippen molar-refractivity contribution in [3.8, 4) is 0 Å². The first-order valence-corrected chi connectivity index (χ1v) is 11.2. The van der Waals surface area contributed by atoms with Gasteiger partial charge in [-0.05, 0) is 54.4 Å². The van der Waals surface area contributed by atoms with E-state index in [9.17, 15) is 27.7 Å². The first-order valence-electron chi connectivity index (χ1n) is 9.15. The fraction of sp³-hybridized carbons (Fsp3) is 0.0952. The molecule has 3 aromatic carbocycles. The van der Waals surface area contributed by atoms with Crippen LogP contribution in [0.2, 0.25) is 5.02 Å². The van der Waals surface area contributed by atoms with Crippen LogP contribution in [0.15, 0.2) is 65.6 Å². The minimum absolute atomic E-state index is 0.0259. The minimum atomic E-state index is -3.74. The van der Waals surface area contributed by atoms with E-state index in [0.717, 1.165) is 12.1 Å². The maximum Gasteiger partial charge on any atom is 0.323 e. The molecule has 0 aliphatic carbocycles.